The van der Waals surface area contributed by atoms with Gasteiger partial charge in [0.2, 0.25) is 0 Å². The molecule has 0 spiro atoms. The molecule has 0 amide bonds. The van der Waals surface area contributed by atoms with Crippen molar-refractivity contribution in [3.05, 3.63) is 35.5 Å². The highest BCUT2D eigenvalue weighted by Gasteiger charge is 2.27. The van der Waals surface area contributed by atoms with Gasteiger partial charge in [-0.15, -0.1) is 6.42 Å². The van der Waals surface area contributed by atoms with Crippen LogP contribution in [0.5, 0.6) is 0 Å². The van der Waals surface area contributed by atoms with Gasteiger partial charge in [0.1, 0.15) is 6.23 Å². The van der Waals surface area contributed by atoms with Gasteiger partial charge in [0.15, 0.2) is 0 Å². The van der Waals surface area contributed by atoms with Crippen molar-refractivity contribution >= 4 is 0 Å². The van der Waals surface area contributed by atoms with Gasteiger partial charge in [0.25, 0.3) is 0 Å². The Balaban J connectivity index is 2.47. The van der Waals surface area contributed by atoms with Crippen molar-refractivity contribution in [2.75, 3.05) is 6.54 Å². The fourth-order valence-corrected chi connectivity index (χ4v) is 1.75. The van der Waals surface area contributed by atoms with Crippen molar-refractivity contribution in [2.24, 2.45) is 5.41 Å². The molecule has 2 rings (SSSR count). The number of aliphatic hydroxyl groups excluding tert-OH is 1. The Morgan fingerprint density at radius 3 is 3.21 bits per heavy atom. The van der Waals surface area contributed by atoms with E-state index in [1.54, 1.807) is 0 Å². The van der Waals surface area contributed by atoms with Crippen LogP contribution in [-0.4, -0.2) is 17.9 Å². The highest BCUT2D eigenvalue weighted by atomic mass is 16.3. The standard InChI is InChI=1S/C12H13NO/c1-3-12(2)6-4-5-9-8-13-11(14)10(9)7-12/h1,4-7,11,13-14H,8H2,2H3. The molecule has 72 valence electrons. The zero-order chi connectivity index (χ0) is 10.2. The van der Waals surface area contributed by atoms with Crippen LogP contribution in [0.2, 0.25) is 0 Å². The topological polar surface area (TPSA) is 32.3 Å². The molecule has 0 aromatic carbocycles. The lowest BCUT2D eigenvalue weighted by Crippen LogP contribution is -2.22. The third kappa shape index (κ3) is 1.41. The summed E-state index contributed by atoms with van der Waals surface area (Å²) in [5.41, 5.74) is 1.64. The molecule has 0 aromatic rings. The van der Waals surface area contributed by atoms with E-state index in [0.717, 1.165) is 11.1 Å². The smallest absolute Gasteiger partial charge is 0.131 e. The maximum atomic E-state index is 9.66. The molecule has 1 saturated heterocycles. The molecule has 2 unspecified atom stereocenters. The van der Waals surface area contributed by atoms with Gasteiger partial charge in [-0.1, -0.05) is 30.2 Å². The lowest BCUT2D eigenvalue weighted by Gasteiger charge is -2.15. The molecule has 2 atom stereocenters. The van der Waals surface area contributed by atoms with Crippen LogP contribution in [0.25, 0.3) is 0 Å². The largest absolute Gasteiger partial charge is 0.374 e. The molecule has 1 aliphatic carbocycles. The molecule has 1 heterocycles. The minimum atomic E-state index is -0.575. The van der Waals surface area contributed by atoms with Crippen LogP contribution in [0.15, 0.2) is 35.5 Å². The van der Waals surface area contributed by atoms with Crippen molar-refractivity contribution in [1.29, 1.82) is 0 Å². The summed E-state index contributed by atoms with van der Waals surface area (Å²) in [4.78, 5) is 0. The third-order valence-electron chi connectivity index (χ3n) is 2.66. The molecule has 2 aliphatic rings. The van der Waals surface area contributed by atoms with Crippen molar-refractivity contribution in [3.63, 3.8) is 0 Å². The SMILES string of the molecule is C#CC1(C)C=CC=C2CNC(O)C2=C1. The Labute approximate surface area is 84.0 Å². The highest BCUT2D eigenvalue weighted by molar-refractivity contribution is 5.47. The average molecular weight is 187 g/mol. The van der Waals surface area contributed by atoms with E-state index in [0.29, 0.717) is 6.54 Å². The molecular weight excluding hydrogens is 174 g/mol. The van der Waals surface area contributed by atoms with Crippen LogP contribution in [0.1, 0.15) is 6.92 Å². The Morgan fingerprint density at radius 2 is 2.50 bits per heavy atom. The van der Waals surface area contributed by atoms with Gasteiger partial charge < -0.3 is 5.11 Å². The van der Waals surface area contributed by atoms with Crippen molar-refractivity contribution in [2.45, 2.75) is 13.2 Å². The first-order valence-corrected chi connectivity index (χ1v) is 4.65. The quantitative estimate of drug-likeness (QED) is 0.554. The normalized spacial score (nSPS) is 35.4. The molecule has 2 N–H and O–H groups in total. The highest BCUT2D eigenvalue weighted by Crippen LogP contribution is 2.30. The maximum Gasteiger partial charge on any atom is 0.131 e. The number of rotatable bonds is 0. The van der Waals surface area contributed by atoms with Crippen molar-refractivity contribution < 1.29 is 5.11 Å². The summed E-state index contributed by atoms with van der Waals surface area (Å²) in [7, 11) is 0. The second kappa shape index (κ2) is 3.13. The molecule has 2 nitrogen and oxygen atoms in total. The van der Waals surface area contributed by atoms with E-state index in [1.807, 2.05) is 31.2 Å². The molecule has 2 heteroatoms. The summed E-state index contributed by atoms with van der Waals surface area (Å²) in [6.45, 7) is 2.66. The minimum absolute atomic E-state index is 0.388. The summed E-state index contributed by atoms with van der Waals surface area (Å²) in [6, 6.07) is 0. The van der Waals surface area contributed by atoms with E-state index >= 15 is 0 Å². The molecule has 0 bridgehead atoms. The van der Waals surface area contributed by atoms with Gasteiger partial charge in [-0.25, -0.2) is 0 Å². The lowest BCUT2D eigenvalue weighted by molar-refractivity contribution is 0.194. The summed E-state index contributed by atoms with van der Waals surface area (Å²) in [5, 5.41) is 12.6. The third-order valence-corrected chi connectivity index (χ3v) is 2.66. The summed E-state index contributed by atoms with van der Waals surface area (Å²) < 4.78 is 0. The van der Waals surface area contributed by atoms with Crippen molar-refractivity contribution in [3.8, 4) is 12.3 Å². The zero-order valence-corrected chi connectivity index (χ0v) is 8.12. The lowest BCUT2D eigenvalue weighted by atomic mass is 9.89. The fraction of sp³-hybridized carbons (Fsp3) is 0.333. The van der Waals surface area contributed by atoms with Gasteiger partial charge in [-0.3, -0.25) is 5.32 Å². The Morgan fingerprint density at radius 1 is 1.71 bits per heavy atom. The average Bonchev–Trinajstić information content (AvgIpc) is 2.42. The van der Waals surface area contributed by atoms with Crippen LogP contribution in [0, 0.1) is 17.8 Å². The molecule has 0 aromatic heterocycles. The van der Waals surface area contributed by atoms with Gasteiger partial charge in [0.05, 0.1) is 5.41 Å². The number of nitrogens with one attached hydrogen (secondary N) is 1. The summed E-state index contributed by atoms with van der Waals surface area (Å²) in [6.07, 6.45) is 12.8. The van der Waals surface area contributed by atoms with Gasteiger partial charge in [-0.2, -0.15) is 0 Å². The zero-order valence-electron chi connectivity index (χ0n) is 8.12. The second-order valence-corrected chi connectivity index (χ2v) is 3.86. The van der Waals surface area contributed by atoms with E-state index in [1.165, 1.54) is 0 Å². The first kappa shape index (κ1) is 9.26. The summed E-state index contributed by atoms with van der Waals surface area (Å²) in [5.74, 6) is 2.72. The molecular formula is C12H13NO. The van der Waals surface area contributed by atoms with Crippen LogP contribution in [0.4, 0.5) is 0 Å². The number of aliphatic hydroxyl groups is 1. The number of fused-ring (bicyclic) bond motifs is 1. The van der Waals surface area contributed by atoms with Crippen LogP contribution < -0.4 is 5.32 Å². The first-order chi connectivity index (χ1) is 6.64. The predicted molar refractivity (Wildman–Crippen MR) is 56.3 cm³/mol. The monoisotopic (exact) mass is 187 g/mol. The second-order valence-electron chi connectivity index (χ2n) is 3.86. The molecule has 14 heavy (non-hydrogen) atoms. The first-order valence-electron chi connectivity index (χ1n) is 4.65. The van der Waals surface area contributed by atoms with Crippen LogP contribution in [0.3, 0.4) is 0 Å². The van der Waals surface area contributed by atoms with Crippen LogP contribution >= 0.6 is 0 Å². The fourth-order valence-electron chi connectivity index (χ4n) is 1.75. The van der Waals surface area contributed by atoms with E-state index in [2.05, 4.69) is 11.2 Å². The molecule has 1 fully saturated rings. The maximum absolute atomic E-state index is 9.66. The number of terminal acetylenes is 1. The molecule has 0 radical (unpaired) electrons. The van der Waals surface area contributed by atoms with Crippen LogP contribution in [-0.2, 0) is 0 Å². The number of allylic oxidation sites excluding steroid dienone is 4. The van der Waals surface area contributed by atoms with E-state index in [4.69, 9.17) is 6.42 Å². The number of hydrogen-bond acceptors (Lipinski definition) is 2. The van der Waals surface area contributed by atoms with E-state index < -0.39 is 6.23 Å². The Bertz CT molecular complexity index is 384. The van der Waals surface area contributed by atoms with E-state index in [-0.39, 0.29) is 5.41 Å². The van der Waals surface area contributed by atoms with E-state index in [9.17, 15) is 5.11 Å². The van der Waals surface area contributed by atoms with Gasteiger partial charge in [-0.05, 0) is 18.1 Å². The predicted octanol–water partition coefficient (Wildman–Crippen LogP) is 0.970. The van der Waals surface area contributed by atoms with Gasteiger partial charge >= 0.3 is 0 Å². The van der Waals surface area contributed by atoms with Crippen molar-refractivity contribution in [1.82, 2.24) is 5.32 Å². The number of hydrogen-bond donors (Lipinski definition) is 2. The minimum Gasteiger partial charge on any atom is -0.374 e. The molecule has 0 saturated carbocycles. The van der Waals surface area contributed by atoms with Gasteiger partial charge in [0, 0.05) is 6.54 Å². The Kier molecular flexibility index (Phi) is 2.07. The summed E-state index contributed by atoms with van der Waals surface area (Å²) >= 11 is 0. The Hall–Kier alpha value is -1.30. The molecule has 1 aliphatic heterocycles.